The lowest BCUT2D eigenvalue weighted by molar-refractivity contribution is -0.136. The number of carboxylic acid groups (broad SMARTS) is 1. The number of nitrogens with two attached hydrogens (primary N) is 2. The largest absolute Gasteiger partial charge is 0.480 e. The van der Waals surface area contributed by atoms with Gasteiger partial charge in [0.2, 0.25) is 0 Å². The third kappa shape index (κ3) is 3.31. The highest BCUT2D eigenvalue weighted by atomic mass is 32.2. The van der Waals surface area contributed by atoms with E-state index in [1.165, 1.54) is 0 Å². The summed E-state index contributed by atoms with van der Waals surface area (Å²) in [5.41, 5.74) is 10.0. The molecule has 0 amide bonds. The van der Waals surface area contributed by atoms with Gasteiger partial charge in [0.15, 0.2) is 5.17 Å². The molecular weight excluding hydrogens is 154 g/mol. The summed E-state index contributed by atoms with van der Waals surface area (Å²) >= 11 is 0.744. The Morgan fingerprint density at radius 3 is 2.40 bits per heavy atom. The maximum Gasteiger partial charge on any atom is 0.318 e. The van der Waals surface area contributed by atoms with Gasteiger partial charge in [-0.05, 0) is 0 Å². The molecule has 1 atom stereocenters. The normalized spacial score (nSPS) is 12.5. The second-order valence-electron chi connectivity index (χ2n) is 1.54. The van der Waals surface area contributed by atoms with Gasteiger partial charge in [-0.3, -0.25) is 10.2 Å². The Hall–Kier alpha value is -0.750. The molecule has 0 heterocycles. The molecule has 0 aromatic carbocycles. The SMILES string of the molecule is N=C(N)SC(CN)C(=O)O. The highest BCUT2D eigenvalue weighted by Gasteiger charge is 2.16. The number of thioether (sulfide) groups is 1. The molecule has 0 aromatic rings. The van der Waals surface area contributed by atoms with Crippen molar-refractivity contribution in [2.75, 3.05) is 6.54 Å². The van der Waals surface area contributed by atoms with E-state index in [2.05, 4.69) is 0 Å². The van der Waals surface area contributed by atoms with Gasteiger partial charge in [-0.2, -0.15) is 0 Å². The van der Waals surface area contributed by atoms with E-state index in [-0.39, 0.29) is 11.7 Å². The first-order valence-electron chi connectivity index (χ1n) is 2.51. The van der Waals surface area contributed by atoms with Crippen LogP contribution in [0.1, 0.15) is 0 Å². The second kappa shape index (κ2) is 4.13. The van der Waals surface area contributed by atoms with Gasteiger partial charge in [-0.15, -0.1) is 0 Å². The van der Waals surface area contributed by atoms with Crippen LogP contribution < -0.4 is 11.5 Å². The second-order valence-corrected chi connectivity index (χ2v) is 2.79. The van der Waals surface area contributed by atoms with Crippen molar-refractivity contribution in [3.05, 3.63) is 0 Å². The molecule has 0 fully saturated rings. The third-order valence-corrected chi connectivity index (χ3v) is 1.69. The standard InChI is InChI=1S/C4H9N3O2S/c5-1-2(3(8)9)10-4(6)7/h2H,1,5H2,(H3,6,7)(H,8,9). The predicted octanol–water partition coefficient (Wildman–Crippen LogP) is -0.975. The average molecular weight is 163 g/mol. The van der Waals surface area contributed by atoms with E-state index in [0.29, 0.717) is 0 Å². The zero-order chi connectivity index (χ0) is 8.15. The van der Waals surface area contributed by atoms with Crippen LogP contribution in [0.15, 0.2) is 0 Å². The molecule has 0 bridgehead atoms. The summed E-state index contributed by atoms with van der Waals surface area (Å²) in [6, 6.07) is 0. The Bertz CT molecular complexity index is 149. The lowest BCUT2D eigenvalue weighted by atomic mass is 10.4. The number of carboxylic acids is 1. The number of amidine groups is 1. The summed E-state index contributed by atoms with van der Waals surface area (Å²) in [5.74, 6) is -1.04. The van der Waals surface area contributed by atoms with Crippen molar-refractivity contribution in [2.45, 2.75) is 5.25 Å². The third-order valence-electron chi connectivity index (χ3n) is 0.759. The Morgan fingerprint density at radius 2 is 2.30 bits per heavy atom. The smallest absolute Gasteiger partial charge is 0.318 e. The molecule has 58 valence electrons. The molecule has 5 nitrogen and oxygen atoms in total. The molecule has 6 N–H and O–H groups in total. The Morgan fingerprint density at radius 1 is 1.80 bits per heavy atom. The van der Waals surface area contributed by atoms with Crippen molar-refractivity contribution in [1.82, 2.24) is 0 Å². The molecule has 0 saturated carbocycles. The van der Waals surface area contributed by atoms with Crippen molar-refractivity contribution in [2.24, 2.45) is 11.5 Å². The van der Waals surface area contributed by atoms with Crippen molar-refractivity contribution < 1.29 is 9.90 Å². The summed E-state index contributed by atoms with van der Waals surface area (Å²) < 4.78 is 0. The highest BCUT2D eigenvalue weighted by molar-refractivity contribution is 8.14. The van der Waals surface area contributed by atoms with Crippen LogP contribution >= 0.6 is 11.8 Å². The molecule has 0 rings (SSSR count). The summed E-state index contributed by atoms with van der Waals surface area (Å²) in [6.07, 6.45) is 0. The summed E-state index contributed by atoms with van der Waals surface area (Å²) in [6.45, 7) is -0.0143. The van der Waals surface area contributed by atoms with E-state index >= 15 is 0 Å². The molecule has 6 heteroatoms. The summed E-state index contributed by atoms with van der Waals surface area (Å²) in [7, 11) is 0. The van der Waals surface area contributed by atoms with Gasteiger partial charge in [0.25, 0.3) is 0 Å². The minimum Gasteiger partial charge on any atom is -0.480 e. The molecule has 0 radical (unpaired) electrons. The number of hydrogen-bond donors (Lipinski definition) is 4. The Balaban J connectivity index is 3.83. The van der Waals surface area contributed by atoms with Crippen molar-refractivity contribution in [1.29, 1.82) is 5.41 Å². The number of rotatable bonds is 3. The average Bonchev–Trinajstić information content (AvgIpc) is 1.81. The number of aliphatic carboxylic acids is 1. The summed E-state index contributed by atoms with van der Waals surface area (Å²) in [5, 5.41) is 14.1. The molecule has 0 aliphatic rings. The molecule has 0 aliphatic carbocycles. The fourth-order valence-corrected chi connectivity index (χ4v) is 0.856. The topological polar surface area (TPSA) is 113 Å². The molecule has 1 unspecified atom stereocenters. The van der Waals surface area contributed by atoms with Gasteiger partial charge in [0.05, 0.1) is 0 Å². The first-order valence-corrected chi connectivity index (χ1v) is 3.39. The fraction of sp³-hybridized carbons (Fsp3) is 0.500. The van der Waals surface area contributed by atoms with Crippen LogP contribution in [0.4, 0.5) is 0 Å². The van der Waals surface area contributed by atoms with Gasteiger partial charge in [-0.25, -0.2) is 0 Å². The van der Waals surface area contributed by atoms with E-state index < -0.39 is 11.2 Å². The zero-order valence-electron chi connectivity index (χ0n) is 5.20. The monoisotopic (exact) mass is 163 g/mol. The van der Waals surface area contributed by atoms with Crippen molar-refractivity contribution >= 4 is 22.9 Å². The van der Waals surface area contributed by atoms with Crippen LogP contribution in [0, 0.1) is 5.41 Å². The highest BCUT2D eigenvalue weighted by Crippen LogP contribution is 2.07. The lowest BCUT2D eigenvalue weighted by Crippen LogP contribution is -2.28. The van der Waals surface area contributed by atoms with Crippen LogP contribution in [0.5, 0.6) is 0 Å². The number of nitrogens with one attached hydrogen (secondary N) is 1. The molecule has 0 saturated heterocycles. The van der Waals surface area contributed by atoms with E-state index in [0.717, 1.165) is 11.8 Å². The molecule has 0 aliphatic heterocycles. The number of carbonyl (C=O) groups is 1. The Labute approximate surface area is 62.3 Å². The van der Waals surface area contributed by atoms with Crippen molar-refractivity contribution in [3.8, 4) is 0 Å². The number of hydrogen-bond acceptors (Lipinski definition) is 4. The zero-order valence-corrected chi connectivity index (χ0v) is 6.02. The van der Waals surface area contributed by atoms with Crippen LogP contribution in [0.3, 0.4) is 0 Å². The predicted molar refractivity (Wildman–Crippen MR) is 40.0 cm³/mol. The molecular formula is C4H9N3O2S. The molecule has 0 spiro atoms. The maximum absolute atomic E-state index is 10.2. The van der Waals surface area contributed by atoms with Gasteiger partial charge in [-0.1, -0.05) is 11.8 Å². The minimum absolute atomic E-state index is 0.0143. The van der Waals surface area contributed by atoms with Gasteiger partial charge in [0, 0.05) is 6.54 Å². The first-order chi connectivity index (χ1) is 4.57. The van der Waals surface area contributed by atoms with E-state index in [4.69, 9.17) is 22.0 Å². The van der Waals surface area contributed by atoms with Crippen LogP contribution in [-0.4, -0.2) is 28.0 Å². The van der Waals surface area contributed by atoms with E-state index in [1.807, 2.05) is 0 Å². The van der Waals surface area contributed by atoms with Gasteiger partial charge in [0.1, 0.15) is 5.25 Å². The Kier molecular flexibility index (Phi) is 3.82. The van der Waals surface area contributed by atoms with Crippen LogP contribution in [0.2, 0.25) is 0 Å². The quantitative estimate of drug-likeness (QED) is 0.315. The lowest BCUT2D eigenvalue weighted by Gasteiger charge is -2.05. The van der Waals surface area contributed by atoms with Gasteiger partial charge >= 0.3 is 5.97 Å². The van der Waals surface area contributed by atoms with E-state index in [9.17, 15) is 4.79 Å². The summed E-state index contributed by atoms with van der Waals surface area (Å²) in [4.78, 5) is 10.2. The minimum atomic E-state index is -1.04. The molecule has 0 aromatic heterocycles. The fourth-order valence-electron chi connectivity index (χ4n) is 0.353. The van der Waals surface area contributed by atoms with Crippen LogP contribution in [0.25, 0.3) is 0 Å². The van der Waals surface area contributed by atoms with Gasteiger partial charge < -0.3 is 16.6 Å². The maximum atomic E-state index is 10.2. The van der Waals surface area contributed by atoms with E-state index in [1.54, 1.807) is 0 Å². The van der Waals surface area contributed by atoms with Crippen molar-refractivity contribution in [3.63, 3.8) is 0 Å². The van der Waals surface area contributed by atoms with Crippen LogP contribution in [-0.2, 0) is 4.79 Å². The molecule has 10 heavy (non-hydrogen) atoms. The first kappa shape index (κ1) is 9.25.